The van der Waals surface area contributed by atoms with E-state index < -0.39 is 11.8 Å². The van der Waals surface area contributed by atoms with Crippen molar-refractivity contribution >= 4 is 12.0 Å². The number of fused-ring (bicyclic) bond motifs is 2. The number of carboxylic acid groups (broad SMARTS) is 1. The van der Waals surface area contributed by atoms with Gasteiger partial charge in [-0.15, -0.1) is 0 Å². The molecule has 2 aliphatic heterocycles. The smallest absolute Gasteiger partial charge is 0.411 e. The lowest BCUT2D eigenvalue weighted by molar-refractivity contribution is -0.0509. The molecule has 1 atom stereocenters. The van der Waals surface area contributed by atoms with Crippen molar-refractivity contribution in [3.63, 3.8) is 0 Å². The molecule has 0 saturated carbocycles. The predicted molar refractivity (Wildman–Crippen MR) is 85.6 cm³/mol. The molecule has 0 aromatic heterocycles. The van der Waals surface area contributed by atoms with Gasteiger partial charge in [-0.1, -0.05) is 30.3 Å². The number of amides is 2. The summed E-state index contributed by atoms with van der Waals surface area (Å²) >= 11 is 0. The largest absolute Gasteiger partial charge is 0.465 e. The summed E-state index contributed by atoms with van der Waals surface area (Å²) in [5.74, 6) is 0.388. The van der Waals surface area contributed by atoms with Crippen LogP contribution >= 0.6 is 0 Å². The molecule has 6 nitrogen and oxygen atoms in total. The third-order valence-electron chi connectivity index (χ3n) is 4.70. The lowest BCUT2D eigenvalue weighted by Crippen LogP contribution is -2.46. The Balaban J connectivity index is 1.80. The number of benzene rings is 2. The van der Waals surface area contributed by atoms with E-state index in [9.17, 15) is 14.7 Å². The van der Waals surface area contributed by atoms with Crippen LogP contribution in [-0.4, -0.2) is 22.0 Å². The van der Waals surface area contributed by atoms with Crippen molar-refractivity contribution in [2.24, 2.45) is 0 Å². The molecule has 2 heterocycles. The average Bonchev–Trinajstić information content (AvgIpc) is 3.08. The molecular weight excluding hydrogens is 308 g/mol. The number of hydrogen-bond acceptors (Lipinski definition) is 3. The number of nitrogens with zero attached hydrogens (tertiary/aromatic N) is 1. The molecule has 0 spiro atoms. The molecule has 0 aliphatic carbocycles. The maximum atomic E-state index is 11.8. The van der Waals surface area contributed by atoms with Gasteiger partial charge in [0.15, 0.2) is 0 Å². The molecule has 2 aliphatic rings. The molecule has 2 amide bonds. The van der Waals surface area contributed by atoms with Crippen LogP contribution in [0.3, 0.4) is 0 Å². The minimum absolute atomic E-state index is 0.137. The van der Waals surface area contributed by atoms with Gasteiger partial charge in [0.1, 0.15) is 5.75 Å². The monoisotopic (exact) mass is 324 g/mol. The van der Waals surface area contributed by atoms with E-state index in [4.69, 9.17) is 4.74 Å². The van der Waals surface area contributed by atoms with E-state index >= 15 is 0 Å². The van der Waals surface area contributed by atoms with Crippen LogP contribution < -0.4 is 10.1 Å². The molecule has 2 N–H and O–H groups in total. The Kier molecular flexibility index (Phi) is 3.03. The molecule has 2 aromatic rings. The van der Waals surface area contributed by atoms with E-state index in [-0.39, 0.29) is 12.5 Å². The van der Waals surface area contributed by atoms with Gasteiger partial charge in [0.25, 0.3) is 5.91 Å². The molecule has 6 heteroatoms. The third kappa shape index (κ3) is 1.96. The molecule has 4 rings (SSSR count). The van der Waals surface area contributed by atoms with Crippen LogP contribution in [0.25, 0.3) is 0 Å². The molecule has 0 radical (unpaired) electrons. The highest BCUT2D eigenvalue weighted by Crippen LogP contribution is 2.42. The average molecular weight is 324 g/mol. The summed E-state index contributed by atoms with van der Waals surface area (Å²) in [7, 11) is 0. The van der Waals surface area contributed by atoms with Gasteiger partial charge in [-0.3, -0.25) is 9.69 Å². The summed E-state index contributed by atoms with van der Waals surface area (Å²) < 4.78 is 6.21. The Bertz CT molecular complexity index is 864. The molecular formula is C18H16N2O4. The van der Waals surface area contributed by atoms with Crippen molar-refractivity contribution < 1.29 is 19.4 Å². The predicted octanol–water partition coefficient (Wildman–Crippen LogP) is 2.68. The molecule has 2 aromatic carbocycles. The summed E-state index contributed by atoms with van der Waals surface area (Å²) in [6, 6.07) is 12.8. The second kappa shape index (κ2) is 4.99. The van der Waals surface area contributed by atoms with E-state index in [2.05, 4.69) is 5.32 Å². The number of carbonyl (C=O) groups is 2. The van der Waals surface area contributed by atoms with Gasteiger partial charge < -0.3 is 15.2 Å². The van der Waals surface area contributed by atoms with Crippen molar-refractivity contribution in [3.8, 4) is 5.75 Å². The minimum atomic E-state index is -1.14. The van der Waals surface area contributed by atoms with Gasteiger partial charge in [-0.2, -0.15) is 0 Å². The topological polar surface area (TPSA) is 78.9 Å². The summed E-state index contributed by atoms with van der Waals surface area (Å²) in [5, 5.41) is 12.4. The Labute approximate surface area is 138 Å². The van der Waals surface area contributed by atoms with Crippen molar-refractivity contribution in [1.29, 1.82) is 0 Å². The molecule has 122 valence electrons. The van der Waals surface area contributed by atoms with Crippen LogP contribution in [0.2, 0.25) is 0 Å². The van der Waals surface area contributed by atoms with Crippen LogP contribution in [0.15, 0.2) is 42.5 Å². The summed E-state index contributed by atoms with van der Waals surface area (Å²) in [6.07, 6.45) is -1.05. The molecule has 0 fully saturated rings. The summed E-state index contributed by atoms with van der Waals surface area (Å²) in [4.78, 5) is 24.9. The normalized spacial score (nSPS) is 21.2. The zero-order chi connectivity index (χ0) is 16.9. The van der Waals surface area contributed by atoms with Crippen molar-refractivity contribution in [2.75, 3.05) is 0 Å². The highest BCUT2D eigenvalue weighted by atomic mass is 16.5. The maximum Gasteiger partial charge on any atom is 0.411 e. The zero-order valence-electron chi connectivity index (χ0n) is 13.1. The fourth-order valence-corrected chi connectivity index (χ4v) is 3.47. The Morgan fingerprint density at radius 2 is 2.04 bits per heavy atom. The van der Waals surface area contributed by atoms with Gasteiger partial charge in [0, 0.05) is 23.2 Å². The zero-order valence-corrected chi connectivity index (χ0v) is 13.1. The number of rotatable bonds is 2. The van der Waals surface area contributed by atoms with Gasteiger partial charge in [0.05, 0.1) is 6.54 Å². The molecule has 0 bridgehead atoms. The van der Waals surface area contributed by atoms with Crippen LogP contribution in [0.4, 0.5) is 4.79 Å². The van der Waals surface area contributed by atoms with E-state index in [0.717, 1.165) is 16.7 Å². The highest BCUT2D eigenvalue weighted by molar-refractivity contribution is 5.99. The first-order valence-corrected chi connectivity index (χ1v) is 7.69. The Morgan fingerprint density at radius 1 is 1.25 bits per heavy atom. The molecule has 24 heavy (non-hydrogen) atoms. The van der Waals surface area contributed by atoms with Gasteiger partial charge in [0.2, 0.25) is 5.72 Å². The van der Waals surface area contributed by atoms with Gasteiger partial charge >= 0.3 is 6.09 Å². The van der Waals surface area contributed by atoms with Gasteiger partial charge in [-0.05, 0) is 24.6 Å². The first-order chi connectivity index (χ1) is 11.5. The lowest BCUT2D eigenvalue weighted by Gasteiger charge is -2.35. The van der Waals surface area contributed by atoms with E-state index in [1.165, 1.54) is 4.90 Å². The van der Waals surface area contributed by atoms with Crippen molar-refractivity contribution in [2.45, 2.75) is 25.7 Å². The summed E-state index contributed by atoms with van der Waals surface area (Å²) in [5.41, 5.74) is 1.94. The first-order valence-electron chi connectivity index (χ1n) is 7.69. The Morgan fingerprint density at radius 3 is 2.83 bits per heavy atom. The SMILES string of the molecule is CC1(Oc2cccc3c2CNC3=O)c2ccccc2CN1C(=O)O. The van der Waals surface area contributed by atoms with Crippen molar-refractivity contribution in [1.82, 2.24) is 10.2 Å². The molecule has 1 unspecified atom stereocenters. The van der Waals surface area contributed by atoms with Crippen LogP contribution in [0.5, 0.6) is 5.75 Å². The van der Waals surface area contributed by atoms with Crippen LogP contribution in [-0.2, 0) is 18.8 Å². The lowest BCUT2D eigenvalue weighted by atomic mass is 10.0. The van der Waals surface area contributed by atoms with Crippen LogP contribution in [0, 0.1) is 0 Å². The third-order valence-corrected chi connectivity index (χ3v) is 4.70. The van der Waals surface area contributed by atoms with E-state index in [1.807, 2.05) is 24.3 Å². The first kappa shape index (κ1) is 14.6. The standard InChI is InChI=1S/C18H16N2O4/c1-18(14-7-3-2-5-11(14)10-20(18)17(22)23)24-15-8-4-6-12-13(15)9-19-16(12)21/h2-8H,9-10H2,1H3,(H,19,21)(H,22,23). The highest BCUT2D eigenvalue weighted by Gasteiger charge is 2.46. The number of nitrogens with one attached hydrogen (secondary N) is 1. The fraction of sp³-hybridized carbons (Fsp3) is 0.222. The van der Waals surface area contributed by atoms with Crippen molar-refractivity contribution in [3.05, 3.63) is 64.7 Å². The fourth-order valence-electron chi connectivity index (χ4n) is 3.47. The molecule has 0 saturated heterocycles. The maximum absolute atomic E-state index is 11.8. The second-order valence-electron chi connectivity index (χ2n) is 6.08. The summed E-state index contributed by atoms with van der Waals surface area (Å²) in [6.45, 7) is 2.40. The quantitative estimate of drug-likeness (QED) is 0.890. The van der Waals surface area contributed by atoms with E-state index in [1.54, 1.807) is 25.1 Å². The number of ether oxygens (including phenoxy) is 1. The van der Waals surface area contributed by atoms with Gasteiger partial charge in [-0.25, -0.2) is 4.79 Å². The number of carbonyl (C=O) groups excluding carboxylic acids is 1. The number of hydrogen-bond donors (Lipinski definition) is 2. The van der Waals surface area contributed by atoms with E-state index in [0.29, 0.717) is 17.9 Å². The second-order valence-corrected chi connectivity index (χ2v) is 6.08. The van der Waals surface area contributed by atoms with Crippen LogP contribution in [0.1, 0.15) is 34.0 Å². The Hall–Kier alpha value is -3.02. The minimum Gasteiger partial charge on any atom is -0.465 e.